The van der Waals surface area contributed by atoms with Crippen LogP contribution < -0.4 is 5.32 Å². The lowest BCUT2D eigenvalue weighted by atomic mass is 10.3. The van der Waals surface area contributed by atoms with Gasteiger partial charge in [-0.05, 0) is 58.3 Å². The highest BCUT2D eigenvalue weighted by atomic mass is 127. The third-order valence-corrected chi connectivity index (χ3v) is 5.13. The smallest absolute Gasteiger partial charge is 0.230 e. The first-order chi connectivity index (χ1) is 10.2. The predicted molar refractivity (Wildman–Crippen MR) is 96.9 cm³/mol. The molecule has 106 valence electrons. The Labute approximate surface area is 144 Å². The molecule has 0 aliphatic rings. The number of thiazole rings is 1. The van der Waals surface area contributed by atoms with Crippen molar-refractivity contribution in [3.8, 4) is 10.6 Å². The Kier molecular flexibility index (Phi) is 4.67. The summed E-state index contributed by atoms with van der Waals surface area (Å²) in [7, 11) is 0. The molecule has 3 rings (SSSR count). The molecule has 2 aromatic heterocycles. The summed E-state index contributed by atoms with van der Waals surface area (Å²) in [5.74, 6) is -0.0432. The molecule has 0 saturated heterocycles. The quantitative estimate of drug-likeness (QED) is 0.617. The fraction of sp³-hybridized carbons (Fsp3) is 0.0667. The highest BCUT2D eigenvalue weighted by Crippen LogP contribution is 2.25. The van der Waals surface area contributed by atoms with E-state index in [0.717, 1.165) is 25.5 Å². The van der Waals surface area contributed by atoms with Crippen LogP contribution in [0.3, 0.4) is 0 Å². The zero-order valence-electron chi connectivity index (χ0n) is 10.9. The number of nitrogens with zero attached hydrogens (tertiary/aromatic N) is 1. The summed E-state index contributed by atoms with van der Waals surface area (Å²) in [6.07, 6.45) is 0.298. The highest BCUT2D eigenvalue weighted by Gasteiger charge is 2.09. The molecule has 0 spiro atoms. The Morgan fingerprint density at radius 1 is 1.19 bits per heavy atom. The van der Waals surface area contributed by atoms with Crippen LogP contribution in [0.4, 0.5) is 5.69 Å². The van der Waals surface area contributed by atoms with Crippen LogP contribution in [-0.2, 0) is 11.2 Å². The van der Waals surface area contributed by atoms with Gasteiger partial charge in [0.25, 0.3) is 0 Å². The Morgan fingerprint density at radius 3 is 2.71 bits per heavy atom. The van der Waals surface area contributed by atoms with E-state index < -0.39 is 0 Å². The van der Waals surface area contributed by atoms with Crippen molar-refractivity contribution in [2.45, 2.75) is 6.42 Å². The van der Waals surface area contributed by atoms with Crippen LogP contribution in [0.1, 0.15) is 5.69 Å². The number of amides is 1. The summed E-state index contributed by atoms with van der Waals surface area (Å²) in [4.78, 5) is 16.5. The van der Waals surface area contributed by atoms with Gasteiger partial charge >= 0.3 is 0 Å². The van der Waals surface area contributed by atoms with Crippen LogP contribution in [-0.4, -0.2) is 10.9 Å². The SMILES string of the molecule is O=C(Cc1csc(-c2ccsc2)n1)Nc1ccc(I)cc1. The van der Waals surface area contributed by atoms with E-state index >= 15 is 0 Å². The summed E-state index contributed by atoms with van der Waals surface area (Å²) < 4.78 is 1.14. The monoisotopic (exact) mass is 426 g/mol. The maximum Gasteiger partial charge on any atom is 0.230 e. The molecule has 0 unspecified atom stereocenters. The van der Waals surface area contributed by atoms with Gasteiger partial charge in [0, 0.05) is 25.6 Å². The van der Waals surface area contributed by atoms with Crippen molar-refractivity contribution in [3.63, 3.8) is 0 Å². The minimum absolute atomic E-state index is 0.0432. The number of carbonyl (C=O) groups is 1. The van der Waals surface area contributed by atoms with Gasteiger partial charge in [0.05, 0.1) is 12.1 Å². The van der Waals surface area contributed by atoms with Crippen LogP contribution in [0.5, 0.6) is 0 Å². The van der Waals surface area contributed by atoms with Gasteiger partial charge in [-0.25, -0.2) is 4.98 Å². The summed E-state index contributed by atoms with van der Waals surface area (Å²) in [6.45, 7) is 0. The van der Waals surface area contributed by atoms with Crippen molar-refractivity contribution in [2.75, 3.05) is 5.32 Å². The lowest BCUT2D eigenvalue weighted by Gasteiger charge is -2.03. The molecule has 0 radical (unpaired) electrons. The number of hydrogen-bond donors (Lipinski definition) is 1. The molecule has 6 heteroatoms. The number of nitrogens with one attached hydrogen (secondary N) is 1. The molecule has 0 fully saturated rings. The van der Waals surface area contributed by atoms with Crippen molar-refractivity contribution in [2.24, 2.45) is 0 Å². The summed E-state index contributed by atoms with van der Waals surface area (Å²) in [5, 5.41) is 9.89. The van der Waals surface area contributed by atoms with E-state index in [1.807, 2.05) is 41.1 Å². The van der Waals surface area contributed by atoms with Crippen molar-refractivity contribution < 1.29 is 4.79 Å². The first-order valence-electron chi connectivity index (χ1n) is 6.23. The fourth-order valence-corrected chi connectivity index (χ4v) is 3.70. The Hall–Kier alpha value is -1.25. The zero-order valence-corrected chi connectivity index (χ0v) is 14.7. The Balaban J connectivity index is 1.64. The van der Waals surface area contributed by atoms with E-state index in [4.69, 9.17) is 0 Å². The second kappa shape index (κ2) is 6.67. The minimum atomic E-state index is -0.0432. The number of halogens is 1. The number of rotatable bonds is 4. The topological polar surface area (TPSA) is 42.0 Å². The Morgan fingerprint density at radius 2 is 2.00 bits per heavy atom. The van der Waals surface area contributed by atoms with Gasteiger partial charge in [-0.3, -0.25) is 4.79 Å². The number of aromatic nitrogens is 1. The molecular weight excluding hydrogens is 415 g/mol. The average molecular weight is 426 g/mol. The van der Waals surface area contributed by atoms with Crippen LogP contribution in [0.2, 0.25) is 0 Å². The second-order valence-corrected chi connectivity index (χ2v) is 7.27. The largest absolute Gasteiger partial charge is 0.326 e. The normalized spacial score (nSPS) is 10.5. The highest BCUT2D eigenvalue weighted by molar-refractivity contribution is 14.1. The molecule has 0 aliphatic carbocycles. The summed E-state index contributed by atoms with van der Waals surface area (Å²) in [5.41, 5.74) is 2.74. The number of hydrogen-bond acceptors (Lipinski definition) is 4. The Bertz CT molecular complexity index is 735. The van der Waals surface area contributed by atoms with Gasteiger partial charge in [0.15, 0.2) is 0 Å². The van der Waals surface area contributed by atoms with E-state index in [2.05, 4.69) is 38.3 Å². The third kappa shape index (κ3) is 3.90. The van der Waals surface area contributed by atoms with Gasteiger partial charge in [0.2, 0.25) is 5.91 Å². The van der Waals surface area contributed by atoms with Gasteiger partial charge < -0.3 is 5.32 Å². The van der Waals surface area contributed by atoms with E-state index in [9.17, 15) is 4.79 Å². The second-order valence-electron chi connectivity index (χ2n) is 4.39. The molecular formula is C15H11IN2OS2. The standard InChI is InChI=1S/C15H11IN2OS2/c16-11-1-3-12(4-2-11)17-14(19)7-13-9-21-15(18-13)10-5-6-20-8-10/h1-6,8-9H,7H2,(H,17,19). The van der Waals surface area contributed by atoms with Gasteiger partial charge in [-0.2, -0.15) is 11.3 Å². The first kappa shape index (κ1) is 14.7. The van der Waals surface area contributed by atoms with Gasteiger partial charge in [0.1, 0.15) is 5.01 Å². The van der Waals surface area contributed by atoms with Crippen molar-refractivity contribution >= 4 is 56.9 Å². The fourth-order valence-electron chi connectivity index (χ4n) is 1.81. The van der Waals surface area contributed by atoms with E-state index in [0.29, 0.717) is 6.42 Å². The molecule has 0 bridgehead atoms. The van der Waals surface area contributed by atoms with Crippen LogP contribution in [0.25, 0.3) is 10.6 Å². The van der Waals surface area contributed by atoms with Crippen molar-refractivity contribution in [1.29, 1.82) is 0 Å². The summed E-state index contributed by atoms with van der Waals surface area (Å²) in [6, 6.07) is 9.77. The molecule has 21 heavy (non-hydrogen) atoms. The molecule has 0 atom stereocenters. The minimum Gasteiger partial charge on any atom is -0.326 e. The molecule has 1 N–H and O–H groups in total. The zero-order chi connectivity index (χ0) is 14.7. The third-order valence-electron chi connectivity index (χ3n) is 2.79. The number of benzene rings is 1. The molecule has 0 aliphatic heterocycles. The molecule has 3 nitrogen and oxygen atoms in total. The maximum atomic E-state index is 12.0. The van der Waals surface area contributed by atoms with Crippen LogP contribution in [0, 0.1) is 3.57 Å². The maximum absolute atomic E-state index is 12.0. The molecule has 0 saturated carbocycles. The molecule has 2 heterocycles. The summed E-state index contributed by atoms with van der Waals surface area (Å²) >= 11 is 5.46. The number of anilines is 1. The van der Waals surface area contributed by atoms with Crippen molar-refractivity contribution in [1.82, 2.24) is 4.98 Å². The van der Waals surface area contributed by atoms with Gasteiger partial charge in [-0.15, -0.1) is 11.3 Å². The van der Waals surface area contributed by atoms with Crippen LogP contribution in [0.15, 0.2) is 46.5 Å². The van der Waals surface area contributed by atoms with Gasteiger partial charge in [-0.1, -0.05) is 0 Å². The van der Waals surface area contributed by atoms with E-state index in [-0.39, 0.29) is 5.91 Å². The predicted octanol–water partition coefficient (Wildman–Crippen LogP) is 4.66. The lowest BCUT2D eigenvalue weighted by molar-refractivity contribution is -0.115. The molecule has 3 aromatic rings. The molecule has 1 amide bonds. The number of thiophene rings is 1. The van der Waals surface area contributed by atoms with Crippen LogP contribution >= 0.6 is 45.3 Å². The average Bonchev–Trinajstić information content (AvgIpc) is 3.12. The number of carbonyl (C=O) groups excluding carboxylic acids is 1. The molecule has 1 aromatic carbocycles. The van der Waals surface area contributed by atoms with Crippen molar-refractivity contribution in [3.05, 3.63) is 55.7 Å². The van der Waals surface area contributed by atoms with E-state index in [1.165, 1.54) is 0 Å². The first-order valence-corrected chi connectivity index (χ1v) is 9.13. The van der Waals surface area contributed by atoms with E-state index in [1.54, 1.807) is 22.7 Å². The lowest BCUT2D eigenvalue weighted by Crippen LogP contribution is -2.14.